The normalized spacial score (nSPS) is 10.6. The SMILES string of the molecule is O=c1[nH]c2ncc(Cl)nc2[nH]1. The van der Waals surface area contributed by atoms with Crippen LogP contribution in [0.4, 0.5) is 0 Å². The van der Waals surface area contributed by atoms with Crippen LogP contribution in [0, 0.1) is 0 Å². The van der Waals surface area contributed by atoms with Gasteiger partial charge in [0.1, 0.15) is 5.15 Å². The van der Waals surface area contributed by atoms with Crippen LogP contribution in [0.25, 0.3) is 11.3 Å². The summed E-state index contributed by atoms with van der Waals surface area (Å²) < 4.78 is 0. The second-order valence-corrected chi connectivity index (χ2v) is 2.36. The molecule has 0 amide bonds. The zero-order chi connectivity index (χ0) is 7.84. The summed E-state index contributed by atoms with van der Waals surface area (Å²) in [5, 5.41) is 0.257. The summed E-state index contributed by atoms with van der Waals surface area (Å²) in [5.74, 6) is 0. The van der Waals surface area contributed by atoms with Gasteiger partial charge in [0.2, 0.25) is 0 Å². The van der Waals surface area contributed by atoms with Gasteiger partial charge in [0.05, 0.1) is 6.20 Å². The van der Waals surface area contributed by atoms with Gasteiger partial charge in [-0.25, -0.2) is 14.8 Å². The average Bonchev–Trinajstić information content (AvgIpc) is 2.27. The molecule has 0 aliphatic rings. The van der Waals surface area contributed by atoms with E-state index in [1.165, 1.54) is 6.20 Å². The largest absolute Gasteiger partial charge is 0.326 e. The molecular weight excluding hydrogens is 168 g/mol. The van der Waals surface area contributed by atoms with Gasteiger partial charge in [-0.15, -0.1) is 0 Å². The minimum absolute atomic E-state index is 0.257. The molecule has 2 heterocycles. The quantitative estimate of drug-likeness (QED) is 0.597. The number of imidazole rings is 1. The molecule has 5 nitrogen and oxygen atoms in total. The van der Waals surface area contributed by atoms with Gasteiger partial charge >= 0.3 is 5.69 Å². The Bertz CT molecular complexity index is 445. The standard InChI is InChI=1S/C5H3ClN4O/c6-2-1-7-3-4(8-2)10-5(11)9-3/h1H,(H2,7,8,9,10,11). The molecule has 2 aromatic rings. The maximum Gasteiger partial charge on any atom is 0.326 e. The van der Waals surface area contributed by atoms with Crippen LogP contribution in [0.15, 0.2) is 11.0 Å². The lowest BCUT2D eigenvalue weighted by Crippen LogP contribution is -1.99. The Kier molecular flexibility index (Phi) is 1.19. The lowest BCUT2D eigenvalue weighted by Gasteiger charge is -1.85. The molecule has 0 aromatic carbocycles. The number of hydrogen-bond acceptors (Lipinski definition) is 3. The first-order chi connectivity index (χ1) is 5.25. The third-order valence-electron chi connectivity index (χ3n) is 1.21. The number of nitrogens with one attached hydrogen (secondary N) is 2. The molecule has 2 rings (SSSR count). The molecule has 2 N–H and O–H groups in total. The third kappa shape index (κ3) is 0.988. The van der Waals surface area contributed by atoms with Crippen LogP contribution < -0.4 is 5.69 Å². The van der Waals surface area contributed by atoms with Crippen LogP contribution in [0.3, 0.4) is 0 Å². The van der Waals surface area contributed by atoms with E-state index in [-0.39, 0.29) is 10.8 Å². The minimum Gasteiger partial charge on any atom is -0.289 e. The van der Waals surface area contributed by atoms with Crippen molar-refractivity contribution in [2.45, 2.75) is 0 Å². The highest BCUT2D eigenvalue weighted by Gasteiger charge is 1.99. The molecule has 11 heavy (non-hydrogen) atoms. The van der Waals surface area contributed by atoms with E-state index in [0.717, 1.165) is 0 Å². The average molecular weight is 171 g/mol. The van der Waals surface area contributed by atoms with E-state index in [1.54, 1.807) is 0 Å². The van der Waals surface area contributed by atoms with Crippen LogP contribution in [0.5, 0.6) is 0 Å². The van der Waals surface area contributed by atoms with Crippen LogP contribution in [-0.2, 0) is 0 Å². The maximum absolute atomic E-state index is 10.7. The second kappa shape index (κ2) is 2.06. The summed E-state index contributed by atoms with van der Waals surface area (Å²) in [7, 11) is 0. The van der Waals surface area contributed by atoms with Gasteiger partial charge in [0.25, 0.3) is 0 Å². The molecule has 0 aliphatic carbocycles. The van der Waals surface area contributed by atoms with E-state index in [0.29, 0.717) is 11.3 Å². The van der Waals surface area contributed by atoms with Gasteiger partial charge < -0.3 is 0 Å². The summed E-state index contributed by atoms with van der Waals surface area (Å²) in [6, 6.07) is 0. The van der Waals surface area contributed by atoms with Gasteiger partial charge in [0, 0.05) is 0 Å². The third-order valence-corrected chi connectivity index (χ3v) is 1.39. The van der Waals surface area contributed by atoms with Crippen molar-refractivity contribution < 1.29 is 0 Å². The Balaban J connectivity index is 2.92. The fourth-order valence-corrected chi connectivity index (χ4v) is 0.926. The molecule has 0 fully saturated rings. The van der Waals surface area contributed by atoms with Crippen molar-refractivity contribution in [3.05, 3.63) is 21.8 Å². The van der Waals surface area contributed by atoms with Crippen LogP contribution in [-0.4, -0.2) is 19.9 Å². The molecule has 0 saturated carbocycles. The van der Waals surface area contributed by atoms with Crippen molar-refractivity contribution in [2.75, 3.05) is 0 Å². The zero-order valence-electron chi connectivity index (χ0n) is 5.26. The molecular formula is C5H3ClN4O. The van der Waals surface area contributed by atoms with E-state index in [1.807, 2.05) is 0 Å². The van der Waals surface area contributed by atoms with Crippen molar-refractivity contribution in [2.24, 2.45) is 0 Å². The Hall–Kier alpha value is -1.36. The fourth-order valence-electron chi connectivity index (χ4n) is 0.793. The first-order valence-electron chi connectivity index (χ1n) is 2.86. The monoisotopic (exact) mass is 170 g/mol. The first kappa shape index (κ1) is 6.36. The fraction of sp³-hybridized carbons (Fsp3) is 0. The van der Waals surface area contributed by atoms with E-state index in [4.69, 9.17) is 11.6 Å². The van der Waals surface area contributed by atoms with Gasteiger partial charge in [0.15, 0.2) is 11.3 Å². The number of nitrogens with zero attached hydrogens (tertiary/aromatic N) is 2. The molecule has 6 heteroatoms. The van der Waals surface area contributed by atoms with Gasteiger partial charge in [-0.05, 0) is 0 Å². The van der Waals surface area contributed by atoms with E-state index in [9.17, 15) is 4.79 Å². The molecule has 0 saturated heterocycles. The smallest absolute Gasteiger partial charge is 0.289 e. The lowest BCUT2D eigenvalue weighted by molar-refractivity contribution is 1.20. The molecule has 0 aliphatic heterocycles. The minimum atomic E-state index is -0.331. The summed E-state index contributed by atoms with van der Waals surface area (Å²) in [6.45, 7) is 0. The van der Waals surface area contributed by atoms with Crippen molar-refractivity contribution in [3.63, 3.8) is 0 Å². The van der Waals surface area contributed by atoms with Crippen molar-refractivity contribution in [1.82, 2.24) is 19.9 Å². The van der Waals surface area contributed by atoms with E-state index in [2.05, 4.69) is 19.9 Å². The summed E-state index contributed by atoms with van der Waals surface area (Å²) in [5.41, 5.74) is 0.462. The van der Waals surface area contributed by atoms with Crippen molar-refractivity contribution in [1.29, 1.82) is 0 Å². The van der Waals surface area contributed by atoms with Crippen LogP contribution in [0.2, 0.25) is 5.15 Å². The highest BCUT2D eigenvalue weighted by Crippen LogP contribution is 2.04. The Morgan fingerprint density at radius 1 is 1.36 bits per heavy atom. The Morgan fingerprint density at radius 3 is 2.91 bits per heavy atom. The number of aromatic amines is 2. The van der Waals surface area contributed by atoms with Gasteiger partial charge in [-0.1, -0.05) is 11.6 Å². The molecule has 2 aromatic heterocycles. The molecule has 0 bridgehead atoms. The molecule has 56 valence electrons. The highest BCUT2D eigenvalue weighted by molar-refractivity contribution is 6.29. The Labute approximate surface area is 65.4 Å². The number of aromatic nitrogens is 4. The number of fused-ring (bicyclic) bond motifs is 1. The molecule has 0 unspecified atom stereocenters. The van der Waals surface area contributed by atoms with Crippen molar-refractivity contribution in [3.8, 4) is 0 Å². The molecule has 0 spiro atoms. The van der Waals surface area contributed by atoms with Crippen molar-refractivity contribution >= 4 is 22.9 Å². The van der Waals surface area contributed by atoms with Gasteiger partial charge in [-0.2, -0.15) is 0 Å². The second-order valence-electron chi connectivity index (χ2n) is 1.97. The predicted molar refractivity (Wildman–Crippen MR) is 39.5 cm³/mol. The van der Waals surface area contributed by atoms with Gasteiger partial charge in [-0.3, -0.25) is 9.97 Å². The van der Waals surface area contributed by atoms with Crippen LogP contribution >= 0.6 is 11.6 Å². The predicted octanol–water partition coefficient (Wildman–Crippen LogP) is 0.300. The maximum atomic E-state index is 10.7. The lowest BCUT2D eigenvalue weighted by atomic mass is 10.7. The van der Waals surface area contributed by atoms with E-state index >= 15 is 0 Å². The Morgan fingerprint density at radius 2 is 2.09 bits per heavy atom. The highest BCUT2D eigenvalue weighted by atomic mass is 35.5. The number of hydrogen-bond donors (Lipinski definition) is 2. The number of halogens is 1. The zero-order valence-corrected chi connectivity index (χ0v) is 6.01. The summed E-state index contributed by atoms with van der Waals surface area (Å²) >= 11 is 5.52. The molecule has 0 atom stereocenters. The van der Waals surface area contributed by atoms with E-state index < -0.39 is 0 Å². The van der Waals surface area contributed by atoms with Crippen LogP contribution in [0.1, 0.15) is 0 Å². The summed E-state index contributed by atoms with van der Waals surface area (Å²) in [4.78, 5) is 23.2. The molecule has 0 radical (unpaired) electrons. The number of rotatable bonds is 0. The topological polar surface area (TPSA) is 74.4 Å². The first-order valence-corrected chi connectivity index (χ1v) is 3.24. The number of H-pyrrole nitrogens is 2. The summed E-state index contributed by atoms with van der Waals surface area (Å²) in [6.07, 6.45) is 1.37.